The maximum Gasteiger partial charge on any atom is 0.0469 e. The van der Waals surface area contributed by atoms with Crippen LogP contribution in [-0.2, 0) is 4.74 Å². The molecular weight excluding hydrogens is 186 g/mol. The molecule has 90 valence electrons. The first-order valence-corrected chi connectivity index (χ1v) is 6.30. The Hall–Kier alpha value is -0.0800. The minimum atomic E-state index is 0.447. The van der Waals surface area contributed by atoms with Crippen LogP contribution in [0.25, 0.3) is 0 Å². The van der Waals surface area contributed by atoms with Crippen LogP contribution in [0.3, 0.4) is 0 Å². The summed E-state index contributed by atoms with van der Waals surface area (Å²) in [5.74, 6) is 0.818. The maximum atomic E-state index is 5.38. The summed E-state index contributed by atoms with van der Waals surface area (Å²) >= 11 is 0. The van der Waals surface area contributed by atoms with Gasteiger partial charge in [0.1, 0.15) is 0 Å². The topological polar surface area (TPSA) is 21.3 Å². The van der Waals surface area contributed by atoms with Crippen LogP contribution in [-0.4, -0.2) is 25.8 Å². The van der Waals surface area contributed by atoms with E-state index in [1.54, 1.807) is 0 Å². The van der Waals surface area contributed by atoms with Gasteiger partial charge < -0.3 is 10.1 Å². The summed E-state index contributed by atoms with van der Waals surface area (Å²) in [5.41, 5.74) is 0.447. The summed E-state index contributed by atoms with van der Waals surface area (Å²) in [5, 5.41) is 3.65. The zero-order chi connectivity index (χ0) is 11.3. The lowest BCUT2D eigenvalue weighted by atomic mass is 9.90. The van der Waals surface area contributed by atoms with Gasteiger partial charge in [0.25, 0.3) is 0 Å². The Morgan fingerprint density at radius 3 is 2.40 bits per heavy atom. The number of rotatable bonds is 4. The highest BCUT2D eigenvalue weighted by atomic mass is 16.5. The molecule has 0 bridgehead atoms. The minimum Gasteiger partial charge on any atom is -0.381 e. The molecular formula is C13H27NO. The summed E-state index contributed by atoms with van der Waals surface area (Å²) in [6, 6.07) is 0.649. The van der Waals surface area contributed by atoms with Gasteiger partial charge in [0, 0.05) is 19.3 Å². The largest absolute Gasteiger partial charge is 0.381 e. The van der Waals surface area contributed by atoms with E-state index in [1.165, 1.54) is 19.3 Å². The molecule has 15 heavy (non-hydrogen) atoms. The minimum absolute atomic E-state index is 0.447. The highest BCUT2D eigenvalue weighted by molar-refractivity contribution is 4.75. The molecule has 2 heteroatoms. The monoisotopic (exact) mass is 213 g/mol. The first kappa shape index (κ1) is 13.0. The van der Waals surface area contributed by atoms with Crippen molar-refractivity contribution >= 4 is 0 Å². The fourth-order valence-corrected chi connectivity index (χ4v) is 2.06. The van der Waals surface area contributed by atoms with Crippen molar-refractivity contribution in [2.24, 2.45) is 11.3 Å². The zero-order valence-electron chi connectivity index (χ0n) is 10.8. The van der Waals surface area contributed by atoms with Crippen LogP contribution in [0, 0.1) is 11.3 Å². The Balaban J connectivity index is 2.14. The molecule has 1 heterocycles. The van der Waals surface area contributed by atoms with Gasteiger partial charge in [-0.25, -0.2) is 0 Å². The van der Waals surface area contributed by atoms with Crippen LogP contribution >= 0.6 is 0 Å². The molecule has 1 N–H and O–H groups in total. The van der Waals surface area contributed by atoms with E-state index in [4.69, 9.17) is 4.74 Å². The number of ether oxygens (including phenoxy) is 1. The molecule has 0 amide bonds. The van der Waals surface area contributed by atoms with Crippen LogP contribution in [0.1, 0.15) is 47.0 Å². The van der Waals surface area contributed by atoms with Crippen LogP contribution < -0.4 is 5.32 Å². The molecule has 0 spiro atoms. The first-order valence-electron chi connectivity index (χ1n) is 6.30. The molecule has 1 fully saturated rings. The molecule has 1 atom stereocenters. The van der Waals surface area contributed by atoms with Gasteiger partial charge in [-0.2, -0.15) is 0 Å². The van der Waals surface area contributed by atoms with Gasteiger partial charge in [0.15, 0.2) is 0 Å². The van der Waals surface area contributed by atoms with E-state index in [0.717, 1.165) is 25.7 Å². The van der Waals surface area contributed by atoms with Crippen molar-refractivity contribution in [3.63, 3.8) is 0 Å². The molecule has 0 radical (unpaired) electrons. The third kappa shape index (κ3) is 5.53. The SMILES string of the molecule is CC(NCCC(C)(C)C)C1CCOCC1. The molecule has 1 unspecified atom stereocenters. The summed E-state index contributed by atoms with van der Waals surface area (Å²) < 4.78 is 5.38. The fraction of sp³-hybridized carbons (Fsp3) is 1.00. The van der Waals surface area contributed by atoms with Crippen LogP contribution in [0.5, 0.6) is 0 Å². The predicted octanol–water partition coefficient (Wildman–Crippen LogP) is 2.83. The van der Waals surface area contributed by atoms with Crippen molar-refractivity contribution in [1.29, 1.82) is 0 Å². The lowest BCUT2D eigenvalue weighted by Crippen LogP contribution is -2.38. The van der Waals surface area contributed by atoms with Gasteiger partial charge in [0.2, 0.25) is 0 Å². The standard InChI is InChI=1S/C13H27NO/c1-11(12-5-9-15-10-6-12)14-8-7-13(2,3)4/h11-12,14H,5-10H2,1-4H3. The molecule has 0 saturated carbocycles. The summed E-state index contributed by atoms with van der Waals surface area (Å²) in [4.78, 5) is 0. The quantitative estimate of drug-likeness (QED) is 0.775. The molecule has 1 aliphatic rings. The van der Waals surface area contributed by atoms with Crippen molar-refractivity contribution in [3.8, 4) is 0 Å². The number of nitrogens with one attached hydrogen (secondary N) is 1. The highest BCUT2D eigenvalue weighted by Gasteiger charge is 2.20. The Morgan fingerprint density at radius 2 is 1.87 bits per heavy atom. The predicted molar refractivity (Wildman–Crippen MR) is 65.1 cm³/mol. The second kappa shape index (κ2) is 5.86. The van der Waals surface area contributed by atoms with Gasteiger partial charge >= 0.3 is 0 Å². The van der Waals surface area contributed by atoms with Crippen LogP contribution in [0.4, 0.5) is 0 Å². The Kier molecular flexibility index (Phi) is 5.07. The molecule has 1 aliphatic heterocycles. The van der Waals surface area contributed by atoms with E-state index < -0.39 is 0 Å². The molecule has 0 aromatic carbocycles. The lowest BCUT2D eigenvalue weighted by molar-refractivity contribution is 0.0556. The highest BCUT2D eigenvalue weighted by Crippen LogP contribution is 2.20. The summed E-state index contributed by atoms with van der Waals surface area (Å²) in [6.45, 7) is 12.3. The first-order chi connectivity index (χ1) is 6.99. The van der Waals surface area contributed by atoms with Gasteiger partial charge in [-0.1, -0.05) is 20.8 Å². The smallest absolute Gasteiger partial charge is 0.0469 e. The maximum absolute atomic E-state index is 5.38. The van der Waals surface area contributed by atoms with Gasteiger partial charge in [-0.3, -0.25) is 0 Å². The third-order valence-corrected chi connectivity index (χ3v) is 3.31. The lowest BCUT2D eigenvalue weighted by Gasteiger charge is -2.29. The van der Waals surface area contributed by atoms with E-state index in [9.17, 15) is 0 Å². The molecule has 0 aromatic heterocycles. The van der Waals surface area contributed by atoms with Gasteiger partial charge in [-0.05, 0) is 44.1 Å². The second-order valence-corrected chi connectivity index (χ2v) is 6.00. The van der Waals surface area contributed by atoms with Crippen molar-refractivity contribution < 1.29 is 4.74 Å². The zero-order valence-corrected chi connectivity index (χ0v) is 10.8. The molecule has 1 rings (SSSR count). The average Bonchev–Trinajstić information content (AvgIpc) is 2.17. The summed E-state index contributed by atoms with van der Waals surface area (Å²) in [7, 11) is 0. The van der Waals surface area contributed by atoms with E-state index in [-0.39, 0.29) is 0 Å². The average molecular weight is 213 g/mol. The van der Waals surface area contributed by atoms with Crippen LogP contribution in [0.2, 0.25) is 0 Å². The van der Waals surface area contributed by atoms with Gasteiger partial charge in [-0.15, -0.1) is 0 Å². The summed E-state index contributed by atoms with van der Waals surface area (Å²) in [6.07, 6.45) is 3.70. The Bertz CT molecular complexity index is 168. The number of hydrogen-bond donors (Lipinski definition) is 1. The van der Waals surface area contributed by atoms with Gasteiger partial charge in [0.05, 0.1) is 0 Å². The Labute approximate surface area is 94.8 Å². The molecule has 0 aromatic rings. The van der Waals surface area contributed by atoms with Crippen molar-refractivity contribution in [3.05, 3.63) is 0 Å². The van der Waals surface area contributed by atoms with Crippen molar-refractivity contribution in [2.75, 3.05) is 19.8 Å². The number of hydrogen-bond acceptors (Lipinski definition) is 2. The molecule has 0 aliphatic carbocycles. The van der Waals surface area contributed by atoms with E-state index in [0.29, 0.717) is 11.5 Å². The van der Waals surface area contributed by atoms with E-state index in [1.807, 2.05) is 0 Å². The second-order valence-electron chi connectivity index (χ2n) is 6.00. The Morgan fingerprint density at radius 1 is 1.27 bits per heavy atom. The third-order valence-electron chi connectivity index (χ3n) is 3.31. The molecule has 1 saturated heterocycles. The van der Waals surface area contributed by atoms with Crippen molar-refractivity contribution in [1.82, 2.24) is 5.32 Å². The van der Waals surface area contributed by atoms with Crippen molar-refractivity contribution in [2.45, 2.75) is 53.0 Å². The van der Waals surface area contributed by atoms with Crippen LogP contribution in [0.15, 0.2) is 0 Å². The molecule has 2 nitrogen and oxygen atoms in total. The van der Waals surface area contributed by atoms with E-state index in [2.05, 4.69) is 33.0 Å². The fourth-order valence-electron chi connectivity index (χ4n) is 2.06. The van der Waals surface area contributed by atoms with E-state index >= 15 is 0 Å². The normalized spacial score (nSPS) is 21.6.